The summed E-state index contributed by atoms with van der Waals surface area (Å²) in [5.74, 6) is 0. The topological polar surface area (TPSA) is 105 Å². The molecule has 21 heavy (non-hydrogen) atoms. The summed E-state index contributed by atoms with van der Waals surface area (Å²) >= 11 is 0. The van der Waals surface area contributed by atoms with E-state index in [0.29, 0.717) is 11.3 Å². The standard InChI is InChI=1S/C15H14N4O2/c1-10(12-4-2-11(9-16)3-5-12)18-13-6-7-15(19(20)21)14(17)8-13/h2-8,10,18H,17H2,1H3. The zero-order chi connectivity index (χ0) is 15.4. The smallest absolute Gasteiger partial charge is 0.292 e. The van der Waals surface area contributed by atoms with Crippen LogP contribution in [0.5, 0.6) is 0 Å². The lowest BCUT2D eigenvalue weighted by atomic mass is 10.1. The number of nitrogen functional groups attached to an aromatic ring is 1. The van der Waals surface area contributed by atoms with Gasteiger partial charge in [0, 0.05) is 17.8 Å². The molecule has 1 unspecified atom stereocenters. The van der Waals surface area contributed by atoms with Gasteiger partial charge in [-0.3, -0.25) is 10.1 Å². The molecule has 0 heterocycles. The predicted octanol–water partition coefficient (Wildman–Crippen LogP) is 3.22. The normalized spacial score (nSPS) is 11.4. The first-order chi connectivity index (χ1) is 10.0. The molecule has 0 radical (unpaired) electrons. The first-order valence-corrected chi connectivity index (χ1v) is 6.32. The minimum atomic E-state index is -0.511. The molecular weight excluding hydrogens is 268 g/mol. The third kappa shape index (κ3) is 3.28. The van der Waals surface area contributed by atoms with E-state index < -0.39 is 4.92 Å². The van der Waals surface area contributed by atoms with Crippen molar-refractivity contribution in [1.29, 1.82) is 5.26 Å². The highest BCUT2D eigenvalue weighted by molar-refractivity contribution is 5.66. The quantitative estimate of drug-likeness (QED) is 0.509. The van der Waals surface area contributed by atoms with E-state index in [1.807, 2.05) is 19.1 Å². The summed E-state index contributed by atoms with van der Waals surface area (Å²) < 4.78 is 0. The number of nitrogens with two attached hydrogens (primary N) is 1. The Morgan fingerprint density at radius 3 is 2.48 bits per heavy atom. The van der Waals surface area contributed by atoms with Crippen LogP contribution in [0.15, 0.2) is 42.5 Å². The Balaban J connectivity index is 2.15. The van der Waals surface area contributed by atoms with Gasteiger partial charge in [0.1, 0.15) is 5.69 Å². The van der Waals surface area contributed by atoms with E-state index in [0.717, 1.165) is 5.56 Å². The summed E-state index contributed by atoms with van der Waals surface area (Å²) in [7, 11) is 0. The summed E-state index contributed by atoms with van der Waals surface area (Å²) in [5.41, 5.74) is 7.99. The van der Waals surface area contributed by atoms with Gasteiger partial charge in [0.15, 0.2) is 0 Å². The van der Waals surface area contributed by atoms with Crippen LogP contribution in [0.1, 0.15) is 24.1 Å². The fraction of sp³-hybridized carbons (Fsp3) is 0.133. The maximum Gasteiger partial charge on any atom is 0.292 e. The lowest BCUT2D eigenvalue weighted by molar-refractivity contribution is -0.383. The van der Waals surface area contributed by atoms with Crippen molar-refractivity contribution in [3.63, 3.8) is 0 Å². The highest BCUT2D eigenvalue weighted by Gasteiger charge is 2.12. The number of hydrogen-bond acceptors (Lipinski definition) is 5. The third-order valence-corrected chi connectivity index (χ3v) is 3.15. The van der Waals surface area contributed by atoms with E-state index in [1.54, 1.807) is 18.2 Å². The maximum atomic E-state index is 10.7. The Kier molecular flexibility index (Phi) is 4.05. The number of hydrogen-bond donors (Lipinski definition) is 2. The Bertz CT molecular complexity index is 705. The van der Waals surface area contributed by atoms with Crippen LogP contribution in [0.4, 0.5) is 17.1 Å². The summed E-state index contributed by atoms with van der Waals surface area (Å²) in [6.07, 6.45) is 0. The lowest BCUT2D eigenvalue weighted by Gasteiger charge is -2.16. The van der Waals surface area contributed by atoms with E-state index in [4.69, 9.17) is 11.0 Å². The molecule has 6 heteroatoms. The number of nitrogens with zero attached hydrogens (tertiary/aromatic N) is 2. The van der Waals surface area contributed by atoms with Crippen molar-refractivity contribution in [3.05, 3.63) is 63.7 Å². The molecule has 2 aromatic rings. The van der Waals surface area contributed by atoms with Crippen molar-refractivity contribution < 1.29 is 4.92 Å². The maximum absolute atomic E-state index is 10.7. The lowest BCUT2D eigenvalue weighted by Crippen LogP contribution is -2.07. The average Bonchev–Trinajstić information content (AvgIpc) is 2.47. The number of anilines is 2. The van der Waals surface area contributed by atoms with Crippen molar-refractivity contribution >= 4 is 17.1 Å². The fourth-order valence-electron chi connectivity index (χ4n) is 1.99. The predicted molar refractivity (Wildman–Crippen MR) is 80.7 cm³/mol. The molecule has 0 aliphatic rings. The number of nitrogens with one attached hydrogen (secondary N) is 1. The van der Waals surface area contributed by atoms with Crippen molar-refractivity contribution in [2.45, 2.75) is 13.0 Å². The highest BCUT2D eigenvalue weighted by atomic mass is 16.6. The molecule has 0 amide bonds. The van der Waals surface area contributed by atoms with Gasteiger partial charge < -0.3 is 11.1 Å². The molecule has 2 aromatic carbocycles. The van der Waals surface area contributed by atoms with Gasteiger partial charge in [-0.05, 0) is 36.8 Å². The van der Waals surface area contributed by atoms with Gasteiger partial charge in [-0.25, -0.2) is 0 Å². The number of benzene rings is 2. The van der Waals surface area contributed by atoms with Crippen molar-refractivity contribution in [2.75, 3.05) is 11.1 Å². The van der Waals surface area contributed by atoms with Crippen LogP contribution in [0.25, 0.3) is 0 Å². The largest absolute Gasteiger partial charge is 0.393 e. The second-order valence-corrected chi connectivity index (χ2v) is 4.63. The van der Waals surface area contributed by atoms with Crippen LogP contribution in [-0.4, -0.2) is 4.92 Å². The molecule has 0 bridgehead atoms. The molecule has 6 nitrogen and oxygen atoms in total. The van der Waals surface area contributed by atoms with Gasteiger partial charge in [-0.1, -0.05) is 12.1 Å². The van der Waals surface area contributed by atoms with Crippen LogP contribution in [0, 0.1) is 21.4 Å². The van der Waals surface area contributed by atoms with Gasteiger partial charge >= 0.3 is 0 Å². The third-order valence-electron chi connectivity index (χ3n) is 3.15. The Morgan fingerprint density at radius 2 is 1.95 bits per heavy atom. The summed E-state index contributed by atoms with van der Waals surface area (Å²) in [5, 5.41) is 22.7. The first kappa shape index (κ1) is 14.3. The first-order valence-electron chi connectivity index (χ1n) is 6.32. The minimum Gasteiger partial charge on any atom is -0.393 e. The highest BCUT2D eigenvalue weighted by Crippen LogP contribution is 2.27. The van der Waals surface area contributed by atoms with Crippen LogP contribution < -0.4 is 11.1 Å². The van der Waals surface area contributed by atoms with Gasteiger partial charge in [-0.15, -0.1) is 0 Å². The SMILES string of the molecule is CC(Nc1ccc([N+](=O)[O-])c(N)c1)c1ccc(C#N)cc1. The van der Waals surface area contributed by atoms with Crippen molar-refractivity contribution in [1.82, 2.24) is 0 Å². The van der Waals surface area contributed by atoms with E-state index in [2.05, 4.69) is 11.4 Å². The van der Waals surface area contributed by atoms with Crippen molar-refractivity contribution in [2.24, 2.45) is 0 Å². The van der Waals surface area contributed by atoms with E-state index in [9.17, 15) is 10.1 Å². The van der Waals surface area contributed by atoms with Crippen LogP contribution in [0.3, 0.4) is 0 Å². The molecule has 0 fully saturated rings. The van der Waals surface area contributed by atoms with E-state index in [-0.39, 0.29) is 17.4 Å². The number of rotatable bonds is 4. The summed E-state index contributed by atoms with van der Waals surface area (Å²) in [4.78, 5) is 10.2. The second-order valence-electron chi connectivity index (χ2n) is 4.63. The van der Waals surface area contributed by atoms with Gasteiger partial charge in [0.25, 0.3) is 5.69 Å². The minimum absolute atomic E-state index is 0.0152. The van der Waals surface area contributed by atoms with Crippen molar-refractivity contribution in [3.8, 4) is 6.07 Å². The van der Waals surface area contributed by atoms with E-state index >= 15 is 0 Å². The number of nitriles is 1. The Morgan fingerprint density at radius 1 is 1.29 bits per heavy atom. The van der Waals surface area contributed by atoms with Crippen LogP contribution >= 0.6 is 0 Å². The fourth-order valence-corrected chi connectivity index (χ4v) is 1.99. The number of nitro groups is 1. The molecule has 1 atom stereocenters. The average molecular weight is 282 g/mol. The van der Waals surface area contributed by atoms with Crippen LogP contribution in [0.2, 0.25) is 0 Å². The zero-order valence-electron chi connectivity index (χ0n) is 11.4. The molecule has 0 aromatic heterocycles. The number of nitro benzene ring substituents is 1. The Hall–Kier alpha value is -3.07. The van der Waals surface area contributed by atoms with Gasteiger partial charge in [0.2, 0.25) is 0 Å². The molecule has 106 valence electrons. The van der Waals surface area contributed by atoms with Crippen LogP contribution in [-0.2, 0) is 0 Å². The molecule has 0 saturated heterocycles. The summed E-state index contributed by atoms with van der Waals surface area (Å²) in [6, 6.07) is 13.8. The molecule has 3 N–H and O–H groups in total. The second kappa shape index (κ2) is 5.92. The van der Waals surface area contributed by atoms with Gasteiger partial charge in [-0.2, -0.15) is 5.26 Å². The molecule has 0 spiro atoms. The Labute approximate surface area is 122 Å². The van der Waals surface area contributed by atoms with Gasteiger partial charge in [0.05, 0.1) is 16.6 Å². The molecule has 0 aliphatic heterocycles. The molecule has 0 aliphatic carbocycles. The molecular formula is C15H14N4O2. The zero-order valence-corrected chi connectivity index (χ0v) is 11.4. The monoisotopic (exact) mass is 282 g/mol. The molecule has 0 saturated carbocycles. The summed E-state index contributed by atoms with van der Waals surface area (Å²) in [6.45, 7) is 1.96. The van der Waals surface area contributed by atoms with E-state index in [1.165, 1.54) is 12.1 Å². The molecule has 2 rings (SSSR count).